The number of amides is 1. The highest BCUT2D eigenvalue weighted by molar-refractivity contribution is 5.94. The Hall–Kier alpha value is -2.28. The van der Waals surface area contributed by atoms with E-state index in [0.717, 1.165) is 6.54 Å². The summed E-state index contributed by atoms with van der Waals surface area (Å²) >= 11 is 0. The Bertz CT molecular complexity index is 589. The number of aromatic nitrogens is 4. The molecule has 2 heterocycles. The van der Waals surface area contributed by atoms with E-state index in [-0.39, 0.29) is 12.5 Å². The zero-order valence-electron chi connectivity index (χ0n) is 12.5. The molecule has 7 heteroatoms. The van der Waals surface area contributed by atoms with E-state index in [1.165, 1.54) is 37.9 Å². The van der Waals surface area contributed by atoms with Crippen LogP contribution in [0, 0.1) is 0 Å². The molecular weight excluding hydrogens is 280 g/mol. The maximum absolute atomic E-state index is 12.0. The van der Waals surface area contributed by atoms with Gasteiger partial charge in [0, 0.05) is 12.1 Å². The number of hydrogen-bond acceptors (Lipinski definition) is 5. The smallest absolute Gasteiger partial charge is 0.251 e. The molecular formula is C15H20N6O. The topological polar surface area (TPSA) is 86.8 Å². The molecule has 0 atom stereocenters. The highest BCUT2D eigenvalue weighted by atomic mass is 16.1. The summed E-state index contributed by atoms with van der Waals surface area (Å²) in [6.07, 6.45) is 3.92. The molecule has 7 nitrogen and oxygen atoms in total. The third-order valence-electron chi connectivity index (χ3n) is 3.87. The molecule has 2 N–H and O–H groups in total. The van der Waals surface area contributed by atoms with Crippen molar-refractivity contribution in [1.82, 2.24) is 30.8 Å². The van der Waals surface area contributed by atoms with Gasteiger partial charge in [0.1, 0.15) is 0 Å². The Labute approximate surface area is 129 Å². The SMILES string of the molecule is O=C(NCc1nn[nH]n1)c1ccc(CN2CCCCC2)cc1. The number of H-pyrrole nitrogens is 1. The van der Waals surface area contributed by atoms with E-state index in [9.17, 15) is 4.79 Å². The Kier molecular flexibility index (Phi) is 4.75. The number of hydrogen-bond donors (Lipinski definition) is 2. The number of carbonyl (C=O) groups excluding carboxylic acids is 1. The number of rotatable bonds is 5. The molecule has 2 aromatic rings. The van der Waals surface area contributed by atoms with Gasteiger partial charge >= 0.3 is 0 Å². The predicted octanol–water partition coefficient (Wildman–Crippen LogP) is 1.12. The maximum atomic E-state index is 12.0. The molecule has 1 saturated heterocycles. The normalized spacial score (nSPS) is 15.6. The molecule has 1 amide bonds. The van der Waals surface area contributed by atoms with Crippen LogP contribution in [-0.4, -0.2) is 44.5 Å². The van der Waals surface area contributed by atoms with Gasteiger partial charge in [-0.3, -0.25) is 9.69 Å². The van der Waals surface area contributed by atoms with Gasteiger partial charge in [-0.1, -0.05) is 23.8 Å². The zero-order valence-corrected chi connectivity index (χ0v) is 12.5. The number of tetrazole rings is 1. The Balaban J connectivity index is 1.52. The van der Waals surface area contributed by atoms with Crippen molar-refractivity contribution in [3.05, 3.63) is 41.2 Å². The minimum Gasteiger partial charge on any atom is -0.345 e. The van der Waals surface area contributed by atoms with Crippen molar-refractivity contribution >= 4 is 5.91 Å². The van der Waals surface area contributed by atoms with Crippen molar-refractivity contribution in [2.75, 3.05) is 13.1 Å². The number of nitrogens with zero attached hydrogens (tertiary/aromatic N) is 4. The molecule has 0 aliphatic carbocycles. The van der Waals surface area contributed by atoms with Gasteiger partial charge in [0.2, 0.25) is 0 Å². The van der Waals surface area contributed by atoms with Crippen LogP contribution in [-0.2, 0) is 13.1 Å². The van der Waals surface area contributed by atoms with E-state index in [2.05, 4.69) is 30.8 Å². The minimum absolute atomic E-state index is 0.130. The molecule has 1 aliphatic heterocycles. The molecule has 116 valence electrons. The lowest BCUT2D eigenvalue weighted by atomic mass is 10.1. The average Bonchev–Trinajstić information content (AvgIpc) is 3.08. The monoisotopic (exact) mass is 300 g/mol. The first-order valence-electron chi connectivity index (χ1n) is 7.63. The molecule has 1 aromatic heterocycles. The number of piperidine rings is 1. The highest BCUT2D eigenvalue weighted by Crippen LogP contribution is 2.13. The molecule has 0 spiro atoms. The summed E-state index contributed by atoms with van der Waals surface area (Å²) in [4.78, 5) is 14.5. The molecule has 3 rings (SSSR count). The molecule has 0 radical (unpaired) electrons. The Morgan fingerprint density at radius 1 is 1.18 bits per heavy atom. The van der Waals surface area contributed by atoms with Crippen molar-refractivity contribution in [3.8, 4) is 0 Å². The van der Waals surface area contributed by atoms with E-state index >= 15 is 0 Å². The van der Waals surface area contributed by atoms with Crippen LogP contribution >= 0.6 is 0 Å². The standard InChI is InChI=1S/C15H20N6O/c22-15(16-10-14-17-19-20-18-14)13-6-4-12(5-7-13)11-21-8-2-1-3-9-21/h4-7H,1-3,8-11H2,(H,16,22)(H,17,18,19,20). The fourth-order valence-electron chi connectivity index (χ4n) is 2.66. The van der Waals surface area contributed by atoms with E-state index in [1.807, 2.05) is 24.3 Å². The van der Waals surface area contributed by atoms with E-state index in [4.69, 9.17) is 0 Å². The molecule has 1 fully saturated rings. The van der Waals surface area contributed by atoms with Gasteiger partial charge in [0.05, 0.1) is 6.54 Å². The summed E-state index contributed by atoms with van der Waals surface area (Å²) in [5, 5.41) is 16.2. The van der Waals surface area contributed by atoms with Crippen molar-refractivity contribution < 1.29 is 4.79 Å². The van der Waals surface area contributed by atoms with Gasteiger partial charge in [-0.15, -0.1) is 10.2 Å². The third-order valence-corrected chi connectivity index (χ3v) is 3.87. The van der Waals surface area contributed by atoms with Crippen LogP contribution in [0.4, 0.5) is 0 Å². The summed E-state index contributed by atoms with van der Waals surface area (Å²) in [5.74, 6) is 0.337. The molecule has 22 heavy (non-hydrogen) atoms. The van der Waals surface area contributed by atoms with Crippen LogP contribution in [0.2, 0.25) is 0 Å². The lowest BCUT2D eigenvalue weighted by Gasteiger charge is -2.26. The van der Waals surface area contributed by atoms with Crippen molar-refractivity contribution in [2.45, 2.75) is 32.4 Å². The van der Waals surface area contributed by atoms with Crippen LogP contribution in [0.25, 0.3) is 0 Å². The first-order valence-corrected chi connectivity index (χ1v) is 7.63. The molecule has 0 unspecified atom stereocenters. The summed E-state index contributed by atoms with van der Waals surface area (Å²) in [7, 11) is 0. The number of benzene rings is 1. The maximum Gasteiger partial charge on any atom is 0.251 e. The third kappa shape index (κ3) is 3.88. The van der Waals surface area contributed by atoms with Crippen LogP contribution in [0.1, 0.15) is 41.0 Å². The second-order valence-electron chi connectivity index (χ2n) is 5.54. The van der Waals surface area contributed by atoms with Crippen molar-refractivity contribution in [3.63, 3.8) is 0 Å². The zero-order chi connectivity index (χ0) is 15.2. The fraction of sp³-hybridized carbons (Fsp3) is 0.467. The number of likely N-dealkylation sites (tertiary alicyclic amines) is 1. The molecule has 1 aromatic carbocycles. The quantitative estimate of drug-likeness (QED) is 0.864. The van der Waals surface area contributed by atoms with Crippen LogP contribution in [0.15, 0.2) is 24.3 Å². The van der Waals surface area contributed by atoms with E-state index < -0.39 is 0 Å². The minimum atomic E-state index is -0.130. The van der Waals surface area contributed by atoms with Gasteiger partial charge in [0.25, 0.3) is 5.91 Å². The Morgan fingerprint density at radius 3 is 2.64 bits per heavy atom. The number of nitrogens with one attached hydrogen (secondary N) is 2. The van der Waals surface area contributed by atoms with E-state index in [0.29, 0.717) is 11.4 Å². The summed E-state index contributed by atoms with van der Waals surface area (Å²) < 4.78 is 0. The van der Waals surface area contributed by atoms with Crippen LogP contribution in [0.3, 0.4) is 0 Å². The summed E-state index contributed by atoms with van der Waals surface area (Å²) in [6.45, 7) is 3.58. The largest absolute Gasteiger partial charge is 0.345 e. The van der Waals surface area contributed by atoms with Gasteiger partial charge < -0.3 is 5.32 Å². The van der Waals surface area contributed by atoms with Gasteiger partial charge in [-0.2, -0.15) is 5.21 Å². The second kappa shape index (κ2) is 7.13. The number of aromatic amines is 1. The summed E-state index contributed by atoms with van der Waals surface area (Å²) in [5.41, 5.74) is 1.89. The first-order chi connectivity index (χ1) is 10.8. The van der Waals surface area contributed by atoms with Gasteiger partial charge in [-0.25, -0.2) is 0 Å². The predicted molar refractivity (Wildman–Crippen MR) is 80.9 cm³/mol. The van der Waals surface area contributed by atoms with Gasteiger partial charge in [-0.05, 0) is 43.6 Å². The van der Waals surface area contributed by atoms with Crippen molar-refractivity contribution in [2.24, 2.45) is 0 Å². The van der Waals surface area contributed by atoms with E-state index in [1.54, 1.807) is 0 Å². The van der Waals surface area contributed by atoms with Gasteiger partial charge in [0.15, 0.2) is 5.82 Å². The molecule has 1 aliphatic rings. The lowest BCUT2D eigenvalue weighted by molar-refractivity contribution is 0.0950. The lowest BCUT2D eigenvalue weighted by Crippen LogP contribution is -2.29. The summed E-state index contributed by atoms with van der Waals surface area (Å²) in [6, 6.07) is 7.78. The van der Waals surface area contributed by atoms with Crippen LogP contribution < -0.4 is 5.32 Å². The number of carbonyl (C=O) groups is 1. The average molecular weight is 300 g/mol. The molecule has 0 bridgehead atoms. The second-order valence-corrected chi connectivity index (χ2v) is 5.54. The molecule has 0 saturated carbocycles. The highest BCUT2D eigenvalue weighted by Gasteiger charge is 2.11. The Morgan fingerprint density at radius 2 is 1.95 bits per heavy atom. The first kappa shape index (κ1) is 14.6. The van der Waals surface area contributed by atoms with Crippen molar-refractivity contribution in [1.29, 1.82) is 0 Å². The fourth-order valence-corrected chi connectivity index (χ4v) is 2.66. The van der Waals surface area contributed by atoms with Crippen LogP contribution in [0.5, 0.6) is 0 Å².